The van der Waals surface area contributed by atoms with Crippen molar-refractivity contribution in [3.8, 4) is 6.01 Å². The average molecular weight is 231 g/mol. The van der Waals surface area contributed by atoms with Crippen LogP contribution in [0.3, 0.4) is 0 Å². The molecule has 0 spiro atoms. The SMILES string of the molecule is COc1nc2cccnc2n1C1CCCCC1. The predicted octanol–water partition coefficient (Wildman–Crippen LogP) is 2.95. The van der Waals surface area contributed by atoms with Crippen molar-refractivity contribution < 1.29 is 4.74 Å². The molecule has 3 rings (SSSR count). The first-order valence-corrected chi connectivity index (χ1v) is 6.27. The van der Waals surface area contributed by atoms with Crippen molar-refractivity contribution in [2.45, 2.75) is 38.1 Å². The quantitative estimate of drug-likeness (QED) is 0.797. The van der Waals surface area contributed by atoms with Gasteiger partial charge in [0.15, 0.2) is 5.65 Å². The van der Waals surface area contributed by atoms with Gasteiger partial charge in [-0.05, 0) is 25.0 Å². The average Bonchev–Trinajstić information content (AvgIpc) is 2.78. The van der Waals surface area contributed by atoms with E-state index >= 15 is 0 Å². The molecule has 90 valence electrons. The van der Waals surface area contributed by atoms with E-state index in [1.165, 1.54) is 32.1 Å². The van der Waals surface area contributed by atoms with Gasteiger partial charge in [0.1, 0.15) is 5.52 Å². The van der Waals surface area contributed by atoms with Crippen molar-refractivity contribution in [3.63, 3.8) is 0 Å². The fourth-order valence-electron chi connectivity index (χ4n) is 2.72. The van der Waals surface area contributed by atoms with Crippen LogP contribution in [0.1, 0.15) is 38.1 Å². The van der Waals surface area contributed by atoms with E-state index in [0.717, 1.165) is 11.2 Å². The number of nitrogens with zero attached hydrogens (tertiary/aromatic N) is 3. The van der Waals surface area contributed by atoms with E-state index in [2.05, 4.69) is 14.5 Å². The Morgan fingerprint density at radius 3 is 2.88 bits per heavy atom. The number of aromatic nitrogens is 3. The van der Waals surface area contributed by atoms with Crippen molar-refractivity contribution in [3.05, 3.63) is 18.3 Å². The topological polar surface area (TPSA) is 39.9 Å². The zero-order valence-electron chi connectivity index (χ0n) is 10.1. The number of rotatable bonds is 2. The zero-order valence-corrected chi connectivity index (χ0v) is 10.1. The first-order valence-electron chi connectivity index (χ1n) is 6.27. The first-order chi connectivity index (χ1) is 8.40. The molecule has 1 aliphatic carbocycles. The third-order valence-corrected chi connectivity index (χ3v) is 3.54. The number of imidazole rings is 1. The molecule has 0 aromatic carbocycles. The van der Waals surface area contributed by atoms with E-state index in [4.69, 9.17) is 4.74 Å². The Hall–Kier alpha value is -1.58. The molecule has 4 nitrogen and oxygen atoms in total. The van der Waals surface area contributed by atoms with Crippen molar-refractivity contribution in [1.29, 1.82) is 0 Å². The molecule has 4 heteroatoms. The van der Waals surface area contributed by atoms with Crippen LogP contribution in [0.15, 0.2) is 18.3 Å². The highest BCUT2D eigenvalue weighted by Crippen LogP contribution is 2.33. The highest BCUT2D eigenvalue weighted by Gasteiger charge is 2.22. The maximum atomic E-state index is 5.40. The van der Waals surface area contributed by atoms with Gasteiger partial charge in [-0.15, -0.1) is 0 Å². The maximum absolute atomic E-state index is 5.40. The maximum Gasteiger partial charge on any atom is 0.298 e. The zero-order chi connectivity index (χ0) is 11.7. The molecule has 0 bridgehead atoms. The van der Waals surface area contributed by atoms with Gasteiger partial charge in [0, 0.05) is 12.2 Å². The molecule has 1 saturated carbocycles. The summed E-state index contributed by atoms with van der Waals surface area (Å²) < 4.78 is 7.57. The van der Waals surface area contributed by atoms with Gasteiger partial charge in [-0.2, -0.15) is 4.98 Å². The van der Waals surface area contributed by atoms with Crippen LogP contribution in [0.2, 0.25) is 0 Å². The lowest BCUT2D eigenvalue weighted by molar-refractivity contribution is 0.298. The fraction of sp³-hybridized carbons (Fsp3) is 0.538. The molecule has 17 heavy (non-hydrogen) atoms. The molecule has 0 radical (unpaired) electrons. The van der Waals surface area contributed by atoms with Crippen LogP contribution in [0.5, 0.6) is 6.01 Å². The number of pyridine rings is 1. The number of hydrogen-bond acceptors (Lipinski definition) is 3. The smallest absolute Gasteiger partial charge is 0.298 e. The van der Waals surface area contributed by atoms with E-state index in [1.807, 2.05) is 18.3 Å². The highest BCUT2D eigenvalue weighted by molar-refractivity contribution is 5.72. The van der Waals surface area contributed by atoms with Gasteiger partial charge in [0.05, 0.1) is 7.11 Å². The summed E-state index contributed by atoms with van der Waals surface area (Å²) in [5.74, 6) is 0. The second-order valence-electron chi connectivity index (χ2n) is 4.61. The Morgan fingerprint density at radius 2 is 2.12 bits per heavy atom. The van der Waals surface area contributed by atoms with Crippen molar-refractivity contribution in [2.75, 3.05) is 7.11 Å². The summed E-state index contributed by atoms with van der Waals surface area (Å²) in [5.41, 5.74) is 1.88. The molecule has 0 saturated heterocycles. The van der Waals surface area contributed by atoms with E-state index in [1.54, 1.807) is 7.11 Å². The summed E-state index contributed by atoms with van der Waals surface area (Å²) >= 11 is 0. The van der Waals surface area contributed by atoms with Gasteiger partial charge in [-0.1, -0.05) is 19.3 Å². The van der Waals surface area contributed by atoms with Gasteiger partial charge in [0.25, 0.3) is 6.01 Å². The van der Waals surface area contributed by atoms with E-state index in [0.29, 0.717) is 12.1 Å². The van der Waals surface area contributed by atoms with E-state index in [-0.39, 0.29) is 0 Å². The van der Waals surface area contributed by atoms with Gasteiger partial charge in [0.2, 0.25) is 0 Å². The Kier molecular flexibility index (Phi) is 2.71. The third-order valence-electron chi connectivity index (χ3n) is 3.54. The number of hydrogen-bond donors (Lipinski definition) is 0. The first kappa shape index (κ1) is 10.6. The summed E-state index contributed by atoms with van der Waals surface area (Å²) in [7, 11) is 1.68. The molecular formula is C13H17N3O. The van der Waals surface area contributed by atoms with Crippen LogP contribution >= 0.6 is 0 Å². The predicted molar refractivity (Wildman–Crippen MR) is 66.2 cm³/mol. The van der Waals surface area contributed by atoms with Crippen LogP contribution in [-0.4, -0.2) is 21.6 Å². The minimum Gasteiger partial charge on any atom is -0.468 e. The van der Waals surface area contributed by atoms with Crippen molar-refractivity contribution >= 4 is 11.2 Å². The van der Waals surface area contributed by atoms with Gasteiger partial charge < -0.3 is 4.74 Å². The molecule has 2 aromatic rings. The highest BCUT2D eigenvalue weighted by atomic mass is 16.5. The van der Waals surface area contributed by atoms with Gasteiger partial charge in [-0.25, -0.2) is 4.98 Å². The van der Waals surface area contributed by atoms with Crippen molar-refractivity contribution in [2.24, 2.45) is 0 Å². The Balaban J connectivity index is 2.11. The molecule has 2 heterocycles. The van der Waals surface area contributed by atoms with Gasteiger partial charge >= 0.3 is 0 Å². The normalized spacial score (nSPS) is 17.5. The van der Waals surface area contributed by atoms with Gasteiger partial charge in [-0.3, -0.25) is 4.57 Å². The molecule has 0 atom stereocenters. The standard InChI is InChI=1S/C13H17N3O/c1-17-13-15-11-8-5-9-14-12(11)16(13)10-6-3-2-4-7-10/h5,8-10H,2-4,6-7H2,1H3. The Bertz CT molecular complexity index is 514. The second kappa shape index (κ2) is 4.35. The van der Waals surface area contributed by atoms with Crippen LogP contribution in [0, 0.1) is 0 Å². The fourth-order valence-corrected chi connectivity index (χ4v) is 2.72. The Morgan fingerprint density at radius 1 is 1.29 bits per heavy atom. The third kappa shape index (κ3) is 1.77. The molecule has 1 aliphatic rings. The summed E-state index contributed by atoms with van der Waals surface area (Å²) in [5, 5.41) is 0. The number of ether oxygens (including phenoxy) is 1. The lowest BCUT2D eigenvalue weighted by atomic mass is 9.95. The van der Waals surface area contributed by atoms with E-state index in [9.17, 15) is 0 Å². The minimum atomic E-state index is 0.499. The molecule has 0 aliphatic heterocycles. The molecular weight excluding hydrogens is 214 g/mol. The lowest BCUT2D eigenvalue weighted by Gasteiger charge is -2.24. The summed E-state index contributed by atoms with van der Waals surface area (Å²) in [6, 6.07) is 5.11. The van der Waals surface area contributed by atoms with Crippen LogP contribution in [0.4, 0.5) is 0 Å². The summed E-state index contributed by atoms with van der Waals surface area (Å²) in [4.78, 5) is 8.93. The largest absolute Gasteiger partial charge is 0.468 e. The van der Waals surface area contributed by atoms with E-state index < -0.39 is 0 Å². The van der Waals surface area contributed by atoms with Crippen molar-refractivity contribution in [1.82, 2.24) is 14.5 Å². The lowest BCUT2D eigenvalue weighted by Crippen LogP contribution is -2.14. The molecule has 0 N–H and O–H groups in total. The monoisotopic (exact) mass is 231 g/mol. The molecule has 2 aromatic heterocycles. The number of methoxy groups -OCH3 is 1. The molecule has 0 amide bonds. The summed E-state index contributed by atoms with van der Waals surface area (Å²) in [6.07, 6.45) is 8.17. The Labute approximate surface area is 101 Å². The number of fused-ring (bicyclic) bond motifs is 1. The second-order valence-corrected chi connectivity index (χ2v) is 4.61. The van der Waals surface area contributed by atoms with Crippen LogP contribution in [0.25, 0.3) is 11.2 Å². The molecule has 1 fully saturated rings. The van der Waals surface area contributed by atoms with Crippen LogP contribution in [-0.2, 0) is 0 Å². The molecule has 0 unspecified atom stereocenters. The van der Waals surface area contributed by atoms with Crippen LogP contribution < -0.4 is 4.74 Å². The minimum absolute atomic E-state index is 0.499. The summed E-state index contributed by atoms with van der Waals surface area (Å²) in [6.45, 7) is 0.